The van der Waals surface area contributed by atoms with Crippen LogP contribution in [0.5, 0.6) is 5.75 Å². The highest BCUT2D eigenvalue weighted by atomic mass is 35.5. The van der Waals surface area contributed by atoms with Gasteiger partial charge < -0.3 is 10.1 Å². The minimum absolute atomic E-state index is 0.675. The average Bonchev–Trinajstić information content (AvgIpc) is 2.65. The molecule has 1 aromatic heterocycles. The van der Waals surface area contributed by atoms with Crippen LogP contribution in [0.25, 0.3) is 0 Å². The van der Waals surface area contributed by atoms with Crippen LogP contribution >= 0.6 is 11.6 Å². The molecule has 0 fully saturated rings. The lowest BCUT2D eigenvalue weighted by Gasteiger charge is -2.09. The van der Waals surface area contributed by atoms with Gasteiger partial charge in [-0.3, -0.25) is 4.68 Å². The smallest absolute Gasteiger partial charge is 0.123 e. The molecule has 0 saturated carbocycles. The fourth-order valence-electron chi connectivity index (χ4n) is 2.04. The molecule has 0 aliphatic carbocycles. The lowest BCUT2D eigenvalue weighted by molar-refractivity contribution is 0.407. The molecule has 0 saturated heterocycles. The number of methoxy groups -OCH3 is 1. The van der Waals surface area contributed by atoms with Gasteiger partial charge in [-0.15, -0.1) is 0 Å². The molecule has 0 amide bonds. The predicted molar refractivity (Wildman–Crippen MR) is 76.5 cm³/mol. The Balaban J connectivity index is 2.00. The molecule has 0 aliphatic rings. The normalized spacial score (nSPS) is 10.7. The van der Waals surface area contributed by atoms with E-state index in [1.54, 1.807) is 7.11 Å². The van der Waals surface area contributed by atoms with Crippen LogP contribution in [0.15, 0.2) is 24.3 Å². The molecular formula is C14H18ClN3O. The third kappa shape index (κ3) is 3.08. The zero-order valence-corrected chi connectivity index (χ0v) is 12.2. The van der Waals surface area contributed by atoms with E-state index in [0.717, 1.165) is 34.3 Å². The molecule has 2 rings (SSSR count). The van der Waals surface area contributed by atoms with Crippen molar-refractivity contribution in [1.82, 2.24) is 15.1 Å². The van der Waals surface area contributed by atoms with E-state index in [2.05, 4.69) is 10.4 Å². The molecule has 0 bridgehead atoms. The molecule has 4 nitrogen and oxygen atoms in total. The van der Waals surface area contributed by atoms with Crippen molar-refractivity contribution >= 4 is 11.6 Å². The fraction of sp³-hybridized carbons (Fsp3) is 0.357. The number of nitrogens with one attached hydrogen (secondary N) is 1. The summed E-state index contributed by atoms with van der Waals surface area (Å²) in [5.41, 5.74) is 2.98. The third-order valence-electron chi connectivity index (χ3n) is 3.06. The van der Waals surface area contributed by atoms with E-state index in [9.17, 15) is 0 Å². The topological polar surface area (TPSA) is 39.1 Å². The van der Waals surface area contributed by atoms with Crippen molar-refractivity contribution in [3.63, 3.8) is 0 Å². The van der Waals surface area contributed by atoms with E-state index in [1.807, 2.05) is 42.9 Å². The highest BCUT2D eigenvalue weighted by Crippen LogP contribution is 2.20. The number of ether oxygens (including phenoxy) is 1. The van der Waals surface area contributed by atoms with Gasteiger partial charge in [0.05, 0.1) is 23.5 Å². The van der Waals surface area contributed by atoms with Crippen LogP contribution in [0.4, 0.5) is 0 Å². The lowest BCUT2D eigenvalue weighted by atomic mass is 10.2. The Labute approximate surface area is 118 Å². The summed E-state index contributed by atoms with van der Waals surface area (Å²) in [4.78, 5) is 0. The Bertz CT molecular complexity index is 566. The second-order valence-electron chi connectivity index (χ2n) is 4.39. The zero-order chi connectivity index (χ0) is 13.8. The molecule has 102 valence electrons. The van der Waals surface area contributed by atoms with Crippen molar-refractivity contribution in [3.05, 3.63) is 46.2 Å². The molecule has 0 radical (unpaired) electrons. The summed E-state index contributed by atoms with van der Waals surface area (Å²) in [6, 6.07) is 7.96. The fourth-order valence-corrected chi connectivity index (χ4v) is 2.26. The summed E-state index contributed by atoms with van der Waals surface area (Å²) in [7, 11) is 3.58. The van der Waals surface area contributed by atoms with Crippen molar-refractivity contribution in [2.75, 3.05) is 7.11 Å². The summed E-state index contributed by atoms with van der Waals surface area (Å²) in [6.07, 6.45) is 0. The van der Waals surface area contributed by atoms with E-state index in [1.165, 1.54) is 0 Å². The largest absolute Gasteiger partial charge is 0.496 e. The zero-order valence-electron chi connectivity index (χ0n) is 11.4. The first-order valence-corrected chi connectivity index (χ1v) is 6.52. The maximum atomic E-state index is 6.21. The highest BCUT2D eigenvalue weighted by molar-refractivity contribution is 6.31. The standard InChI is InChI=1S/C14H18ClN3O/c1-10-14(15)12(18(2)17-10)9-16-8-11-6-4-5-7-13(11)19-3/h4-7,16H,8-9H2,1-3H3. The minimum atomic E-state index is 0.675. The number of hydrogen-bond acceptors (Lipinski definition) is 3. The Morgan fingerprint density at radius 1 is 1.32 bits per heavy atom. The van der Waals surface area contributed by atoms with Gasteiger partial charge in [0.2, 0.25) is 0 Å². The molecule has 2 aromatic rings. The van der Waals surface area contributed by atoms with Gasteiger partial charge in [-0.1, -0.05) is 29.8 Å². The molecule has 19 heavy (non-hydrogen) atoms. The first kappa shape index (κ1) is 13.9. The monoisotopic (exact) mass is 279 g/mol. The van der Waals surface area contributed by atoms with E-state index in [0.29, 0.717) is 6.54 Å². The molecule has 0 atom stereocenters. The van der Waals surface area contributed by atoms with Crippen LogP contribution in [0.2, 0.25) is 5.02 Å². The molecule has 5 heteroatoms. The molecule has 0 aliphatic heterocycles. The highest BCUT2D eigenvalue weighted by Gasteiger charge is 2.10. The van der Waals surface area contributed by atoms with Gasteiger partial charge in [0.15, 0.2) is 0 Å². The molecule has 0 spiro atoms. The van der Waals surface area contributed by atoms with Crippen LogP contribution in [0, 0.1) is 6.92 Å². The van der Waals surface area contributed by atoms with Crippen molar-refractivity contribution < 1.29 is 4.74 Å². The minimum Gasteiger partial charge on any atom is -0.496 e. The van der Waals surface area contributed by atoms with Crippen LogP contribution < -0.4 is 10.1 Å². The average molecular weight is 280 g/mol. The molecular weight excluding hydrogens is 262 g/mol. The summed E-state index contributed by atoms with van der Waals surface area (Å²) in [6.45, 7) is 3.31. The second-order valence-corrected chi connectivity index (χ2v) is 4.76. The number of aromatic nitrogens is 2. The van der Waals surface area contributed by atoms with Gasteiger partial charge >= 0.3 is 0 Å². The number of para-hydroxylation sites is 1. The van der Waals surface area contributed by atoms with Gasteiger partial charge in [-0.2, -0.15) is 5.10 Å². The quantitative estimate of drug-likeness (QED) is 0.915. The summed E-state index contributed by atoms with van der Waals surface area (Å²) in [5.74, 6) is 0.891. The SMILES string of the molecule is COc1ccccc1CNCc1c(Cl)c(C)nn1C. The van der Waals surface area contributed by atoms with Crippen LogP contribution in [-0.4, -0.2) is 16.9 Å². The van der Waals surface area contributed by atoms with Crippen molar-refractivity contribution in [2.24, 2.45) is 7.05 Å². The van der Waals surface area contributed by atoms with Crippen LogP contribution in [-0.2, 0) is 20.1 Å². The van der Waals surface area contributed by atoms with Crippen molar-refractivity contribution in [3.8, 4) is 5.75 Å². The summed E-state index contributed by atoms with van der Waals surface area (Å²) < 4.78 is 7.13. The Hall–Kier alpha value is -1.52. The Morgan fingerprint density at radius 2 is 2.05 bits per heavy atom. The predicted octanol–water partition coefficient (Wildman–Crippen LogP) is 2.68. The number of benzene rings is 1. The maximum absolute atomic E-state index is 6.21. The van der Waals surface area contributed by atoms with Crippen molar-refractivity contribution in [1.29, 1.82) is 0 Å². The van der Waals surface area contributed by atoms with E-state index in [4.69, 9.17) is 16.3 Å². The molecule has 0 unspecified atom stereocenters. The number of hydrogen-bond donors (Lipinski definition) is 1. The third-order valence-corrected chi connectivity index (χ3v) is 3.55. The van der Waals surface area contributed by atoms with Gasteiger partial charge in [0.1, 0.15) is 5.75 Å². The van der Waals surface area contributed by atoms with Crippen molar-refractivity contribution in [2.45, 2.75) is 20.0 Å². The van der Waals surface area contributed by atoms with Gasteiger partial charge in [-0.25, -0.2) is 0 Å². The summed E-state index contributed by atoms with van der Waals surface area (Å²) in [5, 5.41) is 8.38. The molecule has 1 N–H and O–H groups in total. The number of rotatable bonds is 5. The maximum Gasteiger partial charge on any atom is 0.123 e. The summed E-state index contributed by atoms with van der Waals surface area (Å²) >= 11 is 6.21. The number of aryl methyl sites for hydroxylation is 2. The van der Waals surface area contributed by atoms with Crippen LogP contribution in [0.1, 0.15) is 17.0 Å². The molecule has 1 aromatic carbocycles. The van der Waals surface area contributed by atoms with Gasteiger partial charge in [-0.05, 0) is 13.0 Å². The number of nitrogens with zero attached hydrogens (tertiary/aromatic N) is 2. The van der Waals surface area contributed by atoms with Crippen LogP contribution in [0.3, 0.4) is 0 Å². The molecule has 1 heterocycles. The van der Waals surface area contributed by atoms with E-state index in [-0.39, 0.29) is 0 Å². The lowest BCUT2D eigenvalue weighted by Crippen LogP contribution is -2.16. The van der Waals surface area contributed by atoms with E-state index < -0.39 is 0 Å². The Kier molecular flexibility index (Phi) is 4.45. The number of halogens is 1. The first-order valence-electron chi connectivity index (χ1n) is 6.14. The Morgan fingerprint density at radius 3 is 2.68 bits per heavy atom. The van der Waals surface area contributed by atoms with Gasteiger partial charge in [0.25, 0.3) is 0 Å². The van der Waals surface area contributed by atoms with Gasteiger partial charge in [0, 0.05) is 25.7 Å². The second kappa shape index (κ2) is 6.08. The first-order chi connectivity index (χ1) is 9.13. The van der Waals surface area contributed by atoms with E-state index >= 15 is 0 Å².